The zero-order chi connectivity index (χ0) is 20.4. The molecule has 2 N–H and O–H groups in total. The number of likely N-dealkylation sites (tertiary alicyclic amines) is 1. The third kappa shape index (κ3) is 3.93. The second-order valence-electron chi connectivity index (χ2n) is 7.14. The van der Waals surface area contributed by atoms with Crippen LogP contribution in [0.2, 0.25) is 0 Å². The molecule has 4 rings (SSSR count). The molecule has 0 bridgehead atoms. The van der Waals surface area contributed by atoms with E-state index in [1.54, 1.807) is 12.3 Å². The summed E-state index contributed by atoms with van der Waals surface area (Å²) in [6, 6.07) is 5.18. The molecule has 2 aromatic heterocycles. The van der Waals surface area contributed by atoms with Gasteiger partial charge in [-0.05, 0) is 50.2 Å². The standard InChI is InChI=1S/C21H22F2N4O2/c1-2-27-7-3-4-15(27)11-25-21(28)19-8-13(10-24-19)20-17(12-29-26-20)16-9-14(22)5-6-18(16)23/h5-6,8-10,12,15,24H,2-4,7,11H2,1H3,(H,25,28). The first-order chi connectivity index (χ1) is 14.1. The van der Waals surface area contributed by atoms with Crippen molar-refractivity contribution in [2.24, 2.45) is 0 Å². The van der Waals surface area contributed by atoms with Crippen LogP contribution in [-0.2, 0) is 0 Å². The number of aromatic amines is 1. The smallest absolute Gasteiger partial charge is 0.267 e. The van der Waals surface area contributed by atoms with Gasteiger partial charge >= 0.3 is 0 Å². The Morgan fingerprint density at radius 1 is 1.34 bits per heavy atom. The van der Waals surface area contributed by atoms with E-state index in [0.717, 1.165) is 44.1 Å². The van der Waals surface area contributed by atoms with E-state index < -0.39 is 11.6 Å². The summed E-state index contributed by atoms with van der Waals surface area (Å²) < 4.78 is 32.7. The van der Waals surface area contributed by atoms with E-state index >= 15 is 0 Å². The highest BCUT2D eigenvalue weighted by Crippen LogP contribution is 2.33. The fourth-order valence-corrected chi connectivity index (χ4v) is 3.85. The molecule has 1 aromatic carbocycles. The van der Waals surface area contributed by atoms with Crippen LogP contribution < -0.4 is 5.32 Å². The van der Waals surface area contributed by atoms with Crippen LogP contribution >= 0.6 is 0 Å². The number of aromatic nitrogens is 2. The number of halogens is 2. The number of rotatable bonds is 6. The summed E-state index contributed by atoms with van der Waals surface area (Å²) in [7, 11) is 0. The number of nitrogens with one attached hydrogen (secondary N) is 2. The Bertz CT molecular complexity index is 1010. The molecule has 0 spiro atoms. The van der Waals surface area contributed by atoms with Crippen molar-refractivity contribution in [3.8, 4) is 22.4 Å². The third-order valence-corrected chi connectivity index (χ3v) is 5.39. The van der Waals surface area contributed by atoms with Crippen molar-refractivity contribution in [2.45, 2.75) is 25.8 Å². The predicted octanol–water partition coefficient (Wildman–Crippen LogP) is 3.83. The molecule has 1 atom stereocenters. The average molecular weight is 400 g/mol. The van der Waals surface area contributed by atoms with Crippen LogP contribution in [0.4, 0.5) is 8.78 Å². The van der Waals surface area contributed by atoms with Gasteiger partial charge in [0.05, 0.1) is 5.56 Å². The Kier molecular flexibility index (Phi) is 5.44. The lowest BCUT2D eigenvalue weighted by Crippen LogP contribution is -2.40. The van der Waals surface area contributed by atoms with E-state index in [4.69, 9.17) is 4.52 Å². The molecule has 3 heterocycles. The first-order valence-electron chi connectivity index (χ1n) is 9.67. The van der Waals surface area contributed by atoms with Gasteiger partial charge in [0.2, 0.25) is 0 Å². The molecular formula is C21H22F2N4O2. The lowest BCUT2D eigenvalue weighted by molar-refractivity contribution is 0.0937. The molecule has 3 aromatic rings. The van der Waals surface area contributed by atoms with Crippen LogP contribution in [0.3, 0.4) is 0 Å². The molecule has 1 saturated heterocycles. The molecule has 6 nitrogen and oxygen atoms in total. The van der Waals surface area contributed by atoms with E-state index in [2.05, 4.69) is 27.3 Å². The van der Waals surface area contributed by atoms with Crippen LogP contribution in [0.1, 0.15) is 30.3 Å². The summed E-state index contributed by atoms with van der Waals surface area (Å²) in [6.45, 7) is 4.74. The Hall–Kier alpha value is -3.00. The van der Waals surface area contributed by atoms with Gasteiger partial charge in [-0.15, -0.1) is 0 Å². The molecule has 29 heavy (non-hydrogen) atoms. The monoisotopic (exact) mass is 400 g/mol. The van der Waals surface area contributed by atoms with Crippen molar-refractivity contribution in [2.75, 3.05) is 19.6 Å². The van der Waals surface area contributed by atoms with Crippen molar-refractivity contribution in [1.29, 1.82) is 0 Å². The highest BCUT2D eigenvalue weighted by molar-refractivity contribution is 5.94. The molecule has 8 heteroatoms. The first kappa shape index (κ1) is 19.3. The van der Waals surface area contributed by atoms with Crippen LogP contribution in [0.15, 0.2) is 41.2 Å². The predicted molar refractivity (Wildman–Crippen MR) is 104 cm³/mol. The summed E-state index contributed by atoms with van der Waals surface area (Å²) in [5.74, 6) is -1.36. The molecule has 0 saturated carbocycles. The fraction of sp³-hybridized carbons (Fsp3) is 0.333. The van der Waals surface area contributed by atoms with Crippen LogP contribution in [0, 0.1) is 11.6 Å². The minimum Gasteiger partial charge on any atom is -0.363 e. The molecular weight excluding hydrogens is 378 g/mol. The fourth-order valence-electron chi connectivity index (χ4n) is 3.85. The molecule has 0 aliphatic carbocycles. The van der Waals surface area contributed by atoms with Gasteiger partial charge in [0, 0.05) is 29.9 Å². The first-order valence-corrected chi connectivity index (χ1v) is 9.67. The van der Waals surface area contributed by atoms with Crippen LogP contribution in [-0.4, -0.2) is 46.6 Å². The van der Waals surface area contributed by atoms with Gasteiger partial charge in [-0.3, -0.25) is 9.69 Å². The third-order valence-electron chi connectivity index (χ3n) is 5.39. The van der Waals surface area contributed by atoms with Gasteiger partial charge in [0.15, 0.2) is 0 Å². The van der Waals surface area contributed by atoms with E-state index in [1.807, 2.05) is 0 Å². The van der Waals surface area contributed by atoms with Crippen molar-refractivity contribution in [1.82, 2.24) is 20.4 Å². The number of H-pyrrole nitrogens is 1. The van der Waals surface area contributed by atoms with Crippen LogP contribution in [0.5, 0.6) is 0 Å². The number of carbonyl (C=O) groups excluding carboxylic acids is 1. The lowest BCUT2D eigenvalue weighted by atomic mass is 10.0. The molecule has 152 valence electrons. The summed E-state index contributed by atoms with van der Waals surface area (Å²) in [5.41, 5.74) is 1.62. The van der Waals surface area contributed by atoms with Crippen molar-refractivity contribution < 1.29 is 18.1 Å². The number of carbonyl (C=O) groups is 1. The number of hydrogen-bond acceptors (Lipinski definition) is 4. The minimum atomic E-state index is -0.582. The highest BCUT2D eigenvalue weighted by Gasteiger charge is 2.24. The molecule has 1 fully saturated rings. The molecule has 1 amide bonds. The van der Waals surface area contributed by atoms with Crippen molar-refractivity contribution in [3.63, 3.8) is 0 Å². The van der Waals surface area contributed by atoms with Gasteiger partial charge in [-0.2, -0.15) is 0 Å². The van der Waals surface area contributed by atoms with Gasteiger partial charge in [0.1, 0.15) is 29.3 Å². The maximum Gasteiger partial charge on any atom is 0.267 e. The van der Waals surface area contributed by atoms with Gasteiger partial charge in [-0.1, -0.05) is 12.1 Å². The molecule has 0 radical (unpaired) electrons. The highest BCUT2D eigenvalue weighted by atomic mass is 19.1. The Morgan fingerprint density at radius 3 is 3.03 bits per heavy atom. The summed E-state index contributed by atoms with van der Waals surface area (Å²) in [4.78, 5) is 17.8. The quantitative estimate of drug-likeness (QED) is 0.660. The molecule has 1 aliphatic rings. The molecule has 1 unspecified atom stereocenters. The topological polar surface area (TPSA) is 74.2 Å². The van der Waals surface area contributed by atoms with E-state index in [0.29, 0.717) is 35.1 Å². The average Bonchev–Trinajstić information content (AvgIpc) is 3.47. The van der Waals surface area contributed by atoms with Crippen molar-refractivity contribution in [3.05, 3.63) is 54.1 Å². The van der Waals surface area contributed by atoms with Gasteiger partial charge in [-0.25, -0.2) is 8.78 Å². The second kappa shape index (κ2) is 8.16. The zero-order valence-electron chi connectivity index (χ0n) is 16.0. The van der Waals surface area contributed by atoms with Gasteiger partial charge < -0.3 is 14.8 Å². The summed E-state index contributed by atoms with van der Waals surface area (Å²) in [6.07, 6.45) is 5.08. The van der Waals surface area contributed by atoms with E-state index in [-0.39, 0.29) is 11.5 Å². The van der Waals surface area contributed by atoms with Crippen molar-refractivity contribution >= 4 is 5.91 Å². The lowest BCUT2D eigenvalue weighted by Gasteiger charge is -2.22. The molecule has 1 aliphatic heterocycles. The van der Waals surface area contributed by atoms with E-state index in [9.17, 15) is 13.6 Å². The number of amides is 1. The number of nitrogens with zero attached hydrogens (tertiary/aromatic N) is 2. The summed E-state index contributed by atoms with van der Waals surface area (Å²) >= 11 is 0. The van der Waals surface area contributed by atoms with Crippen LogP contribution in [0.25, 0.3) is 22.4 Å². The Morgan fingerprint density at radius 2 is 2.21 bits per heavy atom. The van der Waals surface area contributed by atoms with E-state index in [1.165, 1.54) is 6.26 Å². The maximum absolute atomic E-state index is 14.2. The SMILES string of the molecule is CCN1CCCC1CNC(=O)c1cc(-c2nocc2-c2cc(F)ccc2F)c[nH]1. The maximum atomic E-state index is 14.2. The minimum absolute atomic E-state index is 0.0503. The Labute approximate surface area is 166 Å². The Balaban J connectivity index is 1.51. The normalized spacial score (nSPS) is 17.0. The second-order valence-corrected chi connectivity index (χ2v) is 7.14. The van der Waals surface area contributed by atoms with Gasteiger partial charge in [0.25, 0.3) is 5.91 Å². The number of benzene rings is 1. The largest absolute Gasteiger partial charge is 0.363 e. The summed E-state index contributed by atoms with van der Waals surface area (Å²) in [5, 5.41) is 6.88. The zero-order valence-corrected chi connectivity index (χ0v) is 16.0. The number of likely N-dealkylation sites (N-methyl/N-ethyl adjacent to an activating group) is 1. The number of hydrogen-bond donors (Lipinski definition) is 2.